The highest BCUT2D eigenvalue weighted by molar-refractivity contribution is 6.31. The number of hydrogen-bond acceptors (Lipinski definition) is 3. The van der Waals surface area contributed by atoms with Crippen LogP contribution in [0.4, 0.5) is 11.4 Å². The summed E-state index contributed by atoms with van der Waals surface area (Å²) in [6.45, 7) is -0.146. The maximum atomic E-state index is 12.1. The van der Waals surface area contributed by atoms with Crippen LogP contribution in [0.3, 0.4) is 0 Å². The van der Waals surface area contributed by atoms with Crippen molar-refractivity contribution in [1.29, 1.82) is 0 Å². The van der Waals surface area contributed by atoms with Gasteiger partial charge in [-0.05, 0) is 24.3 Å². The van der Waals surface area contributed by atoms with E-state index in [1.165, 1.54) is 6.07 Å². The summed E-state index contributed by atoms with van der Waals surface area (Å²) in [7, 11) is 0. The lowest BCUT2D eigenvalue weighted by Gasteiger charge is -2.10. The fourth-order valence-corrected chi connectivity index (χ4v) is 1.89. The minimum Gasteiger partial charge on any atom is -0.398 e. The Labute approximate surface area is 115 Å². The normalized spacial score (nSPS) is 10.2. The molecule has 0 unspecified atom stereocenters. The highest BCUT2D eigenvalue weighted by Gasteiger charge is 2.11. The van der Waals surface area contributed by atoms with Crippen molar-refractivity contribution >= 4 is 28.9 Å². The van der Waals surface area contributed by atoms with Crippen molar-refractivity contribution in [2.45, 2.75) is 6.61 Å². The van der Waals surface area contributed by atoms with Crippen LogP contribution in [0.1, 0.15) is 15.9 Å². The maximum Gasteiger partial charge on any atom is 0.257 e. The molecule has 0 saturated heterocycles. The first-order chi connectivity index (χ1) is 9.11. The summed E-state index contributed by atoms with van der Waals surface area (Å²) >= 11 is 5.78. The number of aliphatic hydroxyl groups is 1. The van der Waals surface area contributed by atoms with Crippen molar-refractivity contribution in [3.05, 3.63) is 58.6 Å². The summed E-state index contributed by atoms with van der Waals surface area (Å²) in [5.74, 6) is -0.338. The van der Waals surface area contributed by atoms with Gasteiger partial charge in [-0.2, -0.15) is 0 Å². The Hall–Kier alpha value is -2.04. The Balaban J connectivity index is 2.26. The summed E-state index contributed by atoms with van der Waals surface area (Å²) in [5, 5.41) is 12.4. The first kappa shape index (κ1) is 13.4. The SMILES string of the molecule is Nc1cc(Cl)ccc1C(=O)Nc1ccccc1CO. The van der Waals surface area contributed by atoms with Gasteiger partial charge in [-0.15, -0.1) is 0 Å². The molecule has 5 heteroatoms. The van der Waals surface area contributed by atoms with Crippen molar-refractivity contribution < 1.29 is 9.90 Å². The number of carbonyl (C=O) groups excluding carboxylic acids is 1. The zero-order valence-electron chi connectivity index (χ0n) is 10.1. The van der Waals surface area contributed by atoms with E-state index in [9.17, 15) is 9.90 Å². The van der Waals surface area contributed by atoms with Gasteiger partial charge in [0, 0.05) is 22.0 Å². The van der Waals surface area contributed by atoms with Crippen LogP contribution < -0.4 is 11.1 Å². The second-order valence-corrected chi connectivity index (χ2v) is 4.44. The Bertz CT molecular complexity index is 614. The van der Waals surface area contributed by atoms with Crippen LogP contribution in [0.5, 0.6) is 0 Å². The molecule has 0 aliphatic rings. The molecule has 0 atom stereocenters. The Kier molecular flexibility index (Phi) is 4.04. The van der Waals surface area contributed by atoms with Crippen molar-refractivity contribution in [2.24, 2.45) is 0 Å². The minimum absolute atomic E-state index is 0.146. The zero-order chi connectivity index (χ0) is 13.8. The fourth-order valence-electron chi connectivity index (χ4n) is 1.71. The van der Waals surface area contributed by atoms with Crippen LogP contribution >= 0.6 is 11.6 Å². The third-order valence-corrected chi connectivity index (χ3v) is 2.93. The predicted molar refractivity (Wildman–Crippen MR) is 76.2 cm³/mol. The lowest BCUT2D eigenvalue weighted by Crippen LogP contribution is -2.15. The van der Waals surface area contributed by atoms with Crippen LogP contribution in [0.2, 0.25) is 5.02 Å². The number of anilines is 2. The number of amides is 1. The van der Waals surface area contributed by atoms with E-state index in [2.05, 4.69) is 5.32 Å². The van der Waals surface area contributed by atoms with Crippen LogP contribution in [-0.4, -0.2) is 11.0 Å². The van der Waals surface area contributed by atoms with E-state index in [1.54, 1.807) is 36.4 Å². The number of carbonyl (C=O) groups is 1. The van der Waals surface area contributed by atoms with E-state index >= 15 is 0 Å². The molecule has 0 aromatic heterocycles. The molecular weight excluding hydrogens is 264 g/mol. The van der Waals surface area contributed by atoms with Gasteiger partial charge in [0.05, 0.1) is 12.2 Å². The summed E-state index contributed by atoms with van der Waals surface area (Å²) in [6, 6.07) is 11.7. The number of nitrogen functional groups attached to an aromatic ring is 1. The molecule has 2 aromatic rings. The van der Waals surface area contributed by atoms with E-state index in [0.717, 1.165) is 0 Å². The van der Waals surface area contributed by atoms with Gasteiger partial charge in [-0.25, -0.2) is 0 Å². The monoisotopic (exact) mass is 276 g/mol. The molecule has 0 bridgehead atoms. The number of nitrogens with one attached hydrogen (secondary N) is 1. The van der Waals surface area contributed by atoms with Crippen molar-refractivity contribution in [3.63, 3.8) is 0 Å². The van der Waals surface area contributed by atoms with E-state index < -0.39 is 0 Å². The molecule has 0 fully saturated rings. The fraction of sp³-hybridized carbons (Fsp3) is 0.0714. The average molecular weight is 277 g/mol. The lowest BCUT2D eigenvalue weighted by atomic mass is 10.1. The molecule has 0 aliphatic carbocycles. The molecule has 4 nitrogen and oxygen atoms in total. The van der Waals surface area contributed by atoms with Gasteiger partial charge in [0.1, 0.15) is 0 Å². The largest absolute Gasteiger partial charge is 0.398 e. The third kappa shape index (κ3) is 3.05. The van der Waals surface area contributed by atoms with Gasteiger partial charge >= 0.3 is 0 Å². The van der Waals surface area contributed by atoms with Gasteiger partial charge in [-0.3, -0.25) is 4.79 Å². The third-order valence-electron chi connectivity index (χ3n) is 2.69. The molecule has 0 aliphatic heterocycles. The van der Waals surface area contributed by atoms with E-state index in [0.29, 0.717) is 27.5 Å². The molecule has 2 aromatic carbocycles. The molecule has 0 heterocycles. The highest BCUT2D eigenvalue weighted by Crippen LogP contribution is 2.21. The quantitative estimate of drug-likeness (QED) is 0.755. The minimum atomic E-state index is -0.338. The summed E-state index contributed by atoms with van der Waals surface area (Å²) in [4.78, 5) is 12.1. The van der Waals surface area contributed by atoms with Gasteiger partial charge in [-0.1, -0.05) is 29.8 Å². The molecular formula is C14H13ClN2O2. The van der Waals surface area contributed by atoms with Gasteiger partial charge in [0.2, 0.25) is 0 Å². The lowest BCUT2D eigenvalue weighted by molar-refractivity contribution is 0.102. The van der Waals surface area contributed by atoms with Gasteiger partial charge in [0.25, 0.3) is 5.91 Å². The number of para-hydroxylation sites is 1. The summed E-state index contributed by atoms with van der Waals surface area (Å²) < 4.78 is 0. The first-order valence-electron chi connectivity index (χ1n) is 5.67. The van der Waals surface area contributed by atoms with Crippen molar-refractivity contribution in [1.82, 2.24) is 0 Å². The van der Waals surface area contributed by atoms with Crippen LogP contribution in [0.15, 0.2) is 42.5 Å². The van der Waals surface area contributed by atoms with Crippen LogP contribution in [0, 0.1) is 0 Å². The van der Waals surface area contributed by atoms with Crippen LogP contribution in [-0.2, 0) is 6.61 Å². The smallest absolute Gasteiger partial charge is 0.257 e. The predicted octanol–water partition coefficient (Wildman–Crippen LogP) is 2.67. The second kappa shape index (κ2) is 5.73. The van der Waals surface area contributed by atoms with E-state index in [4.69, 9.17) is 17.3 Å². The molecule has 1 amide bonds. The topological polar surface area (TPSA) is 75.4 Å². The summed E-state index contributed by atoms with van der Waals surface area (Å²) in [5.41, 5.74) is 7.61. The average Bonchev–Trinajstić information content (AvgIpc) is 2.39. The number of aliphatic hydroxyl groups excluding tert-OH is 1. The molecule has 98 valence electrons. The van der Waals surface area contributed by atoms with Gasteiger partial charge in [0.15, 0.2) is 0 Å². The Morgan fingerprint density at radius 2 is 2.00 bits per heavy atom. The molecule has 4 N–H and O–H groups in total. The van der Waals surface area contributed by atoms with E-state index in [-0.39, 0.29) is 12.5 Å². The number of benzene rings is 2. The molecule has 0 saturated carbocycles. The Morgan fingerprint density at radius 1 is 1.26 bits per heavy atom. The molecule has 0 radical (unpaired) electrons. The number of halogens is 1. The number of rotatable bonds is 3. The number of nitrogens with two attached hydrogens (primary N) is 1. The maximum absolute atomic E-state index is 12.1. The van der Waals surface area contributed by atoms with E-state index in [1.807, 2.05) is 0 Å². The highest BCUT2D eigenvalue weighted by atomic mass is 35.5. The second-order valence-electron chi connectivity index (χ2n) is 4.00. The molecule has 0 spiro atoms. The van der Waals surface area contributed by atoms with Crippen LogP contribution in [0.25, 0.3) is 0 Å². The first-order valence-corrected chi connectivity index (χ1v) is 6.04. The van der Waals surface area contributed by atoms with Gasteiger partial charge < -0.3 is 16.2 Å². The van der Waals surface area contributed by atoms with Crippen molar-refractivity contribution in [3.8, 4) is 0 Å². The zero-order valence-corrected chi connectivity index (χ0v) is 10.8. The number of hydrogen-bond donors (Lipinski definition) is 3. The molecule has 19 heavy (non-hydrogen) atoms. The molecule has 2 rings (SSSR count). The standard InChI is InChI=1S/C14H13ClN2O2/c15-10-5-6-11(12(16)7-10)14(19)17-13-4-2-1-3-9(13)8-18/h1-7,18H,8,16H2,(H,17,19). The van der Waals surface area contributed by atoms with Crippen molar-refractivity contribution in [2.75, 3.05) is 11.1 Å². The summed E-state index contributed by atoms with van der Waals surface area (Å²) in [6.07, 6.45) is 0. The Morgan fingerprint density at radius 3 is 2.68 bits per heavy atom.